The van der Waals surface area contributed by atoms with E-state index in [1.165, 1.54) is 11.1 Å². The molecule has 0 aliphatic rings. The zero-order valence-corrected chi connectivity index (χ0v) is 15.2. The number of benzene rings is 1. The molecule has 128 valence electrons. The molecule has 0 bridgehead atoms. The van der Waals surface area contributed by atoms with Crippen molar-refractivity contribution in [2.45, 2.75) is 33.1 Å². The monoisotopic (exact) mass is 318 g/mol. The molecule has 0 saturated heterocycles. The van der Waals surface area contributed by atoms with E-state index in [0.717, 1.165) is 13.1 Å². The molecule has 0 unspecified atom stereocenters. The molecular formula is C18H30N4O. The van der Waals surface area contributed by atoms with E-state index < -0.39 is 0 Å². The fourth-order valence-corrected chi connectivity index (χ4v) is 2.04. The maximum Gasteiger partial charge on any atom is 0.243 e. The molecular weight excluding hydrogens is 288 g/mol. The Morgan fingerprint density at radius 1 is 1.17 bits per heavy atom. The van der Waals surface area contributed by atoms with Gasteiger partial charge in [-0.3, -0.25) is 4.79 Å². The smallest absolute Gasteiger partial charge is 0.243 e. The lowest BCUT2D eigenvalue weighted by atomic mass is 9.84. The Hall–Kier alpha value is -2.04. The second kappa shape index (κ2) is 8.56. The Morgan fingerprint density at radius 3 is 2.30 bits per heavy atom. The van der Waals surface area contributed by atoms with Gasteiger partial charge < -0.3 is 15.5 Å². The van der Waals surface area contributed by atoms with Crippen molar-refractivity contribution in [3.05, 3.63) is 35.4 Å². The molecule has 1 aromatic rings. The summed E-state index contributed by atoms with van der Waals surface area (Å²) in [4.78, 5) is 17.6. The first-order valence-corrected chi connectivity index (χ1v) is 8.05. The first-order valence-electron chi connectivity index (χ1n) is 8.05. The van der Waals surface area contributed by atoms with Crippen LogP contribution in [-0.2, 0) is 10.2 Å². The summed E-state index contributed by atoms with van der Waals surface area (Å²) in [6.07, 6.45) is 0. The van der Waals surface area contributed by atoms with Crippen molar-refractivity contribution < 1.29 is 4.79 Å². The van der Waals surface area contributed by atoms with Gasteiger partial charge in [-0.05, 0) is 19.4 Å². The third kappa shape index (κ3) is 6.30. The predicted octanol–water partition coefficient (Wildman–Crippen LogP) is 1.92. The van der Waals surface area contributed by atoms with Gasteiger partial charge in [0.2, 0.25) is 5.91 Å². The maximum absolute atomic E-state index is 11.7. The van der Waals surface area contributed by atoms with Gasteiger partial charge in [0.1, 0.15) is 6.54 Å². The molecule has 1 amide bonds. The molecule has 23 heavy (non-hydrogen) atoms. The average Bonchev–Trinajstić information content (AvgIpc) is 2.50. The van der Waals surface area contributed by atoms with Gasteiger partial charge in [0.15, 0.2) is 5.96 Å². The summed E-state index contributed by atoms with van der Waals surface area (Å²) in [5.74, 6) is 0.655. The van der Waals surface area contributed by atoms with Crippen LogP contribution in [-0.4, -0.2) is 50.5 Å². The van der Waals surface area contributed by atoms with Crippen molar-refractivity contribution in [1.29, 1.82) is 0 Å². The number of nitrogens with one attached hydrogen (secondary N) is 2. The number of aryl methyl sites for hydroxylation is 1. The van der Waals surface area contributed by atoms with Gasteiger partial charge in [0.05, 0.1) is 0 Å². The van der Waals surface area contributed by atoms with Crippen LogP contribution in [0.4, 0.5) is 0 Å². The number of hydrogen-bond donors (Lipinski definition) is 2. The highest BCUT2D eigenvalue weighted by Gasteiger charge is 2.20. The second-order valence-corrected chi connectivity index (χ2v) is 6.59. The zero-order valence-electron chi connectivity index (χ0n) is 15.2. The zero-order chi connectivity index (χ0) is 17.5. The van der Waals surface area contributed by atoms with Gasteiger partial charge in [-0.2, -0.15) is 0 Å². The van der Waals surface area contributed by atoms with Crippen molar-refractivity contribution in [2.24, 2.45) is 4.99 Å². The van der Waals surface area contributed by atoms with Gasteiger partial charge in [-0.15, -0.1) is 0 Å². The highest BCUT2D eigenvalue weighted by molar-refractivity contribution is 5.84. The SMILES string of the molecule is CCNC(=NCC(=O)N(C)C)NCC(C)(C)c1ccc(C)cc1. The molecule has 0 aliphatic carbocycles. The van der Waals surface area contributed by atoms with E-state index in [1.54, 1.807) is 19.0 Å². The fraction of sp³-hybridized carbons (Fsp3) is 0.556. The van der Waals surface area contributed by atoms with Crippen LogP contribution in [0.5, 0.6) is 0 Å². The number of carbonyl (C=O) groups excluding carboxylic acids is 1. The predicted molar refractivity (Wildman–Crippen MR) is 96.9 cm³/mol. The molecule has 0 aliphatic heterocycles. The highest BCUT2D eigenvalue weighted by atomic mass is 16.2. The van der Waals surface area contributed by atoms with E-state index in [1.807, 2.05) is 6.92 Å². The largest absolute Gasteiger partial charge is 0.357 e. The minimum absolute atomic E-state index is 0.0139. The number of carbonyl (C=O) groups is 1. The van der Waals surface area contributed by atoms with E-state index in [4.69, 9.17) is 0 Å². The maximum atomic E-state index is 11.7. The van der Waals surface area contributed by atoms with Crippen LogP contribution in [0.25, 0.3) is 0 Å². The number of guanidine groups is 1. The Balaban J connectivity index is 2.71. The molecule has 0 fully saturated rings. The quantitative estimate of drug-likeness (QED) is 0.622. The molecule has 5 nitrogen and oxygen atoms in total. The van der Waals surface area contributed by atoms with E-state index in [0.29, 0.717) is 5.96 Å². The number of likely N-dealkylation sites (N-methyl/N-ethyl adjacent to an activating group) is 1. The minimum atomic E-state index is -0.0323. The lowest BCUT2D eigenvalue weighted by Crippen LogP contribution is -2.44. The summed E-state index contributed by atoms with van der Waals surface area (Å²) in [5, 5.41) is 6.51. The Labute approximate surface area is 140 Å². The summed E-state index contributed by atoms with van der Waals surface area (Å²) >= 11 is 0. The van der Waals surface area contributed by atoms with Gasteiger partial charge in [-0.1, -0.05) is 43.7 Å². The van der Waals surface area contributed by atoms with Crippen LogP contribution < -0.4 is 10.6 Å². The second-order valence-electron chi connectivity index (χ2n) is 6.59. The van der Waals surface area contributed by atoms with E-state index in [-0.39, 0.29) is 17.9 Å². The van der Waals surface area contributed by atoms with Crippen LogP contribution in [0.15, 0.2) is 29.3 Å². The highest BCUT2D eigenvalue weighted by Crippen LogP contribution is 2.22. The summed E-state index contributed by atoms with van der Waals surface area (Å²) < 4.78 is 0. The van der Waals surface area contributed by atoms with Crippen LogP contribution in [0.2, 0.25) is 0 Å². The van der Waals surface area contributed by atoms with Gasteiger partial charge in [-0.25, -0.2) is 4.99 Å². The molecule has 0 heterocycles. The number of aliphatic imine (C=N–C) groups is 1. The summed E-state index contributed by atoms with van der Waals surface area (Å²) in [7, 11) is 3.47. The van der Waals surface area contributed by atoms with E-state index in [9.17, 15) is 4.79 Å². The molecule has 1 rings (SSSR count). The van der Waals surface area contributed by atoms with Crippen molar-refractivity contribution in [3.63, 3.8) is 0 Å². The van der Waals surface area contributed by atoms with Crippen LogP contribution in [0.1, 0.15) is 31.9 Å². The number of nitrogens with zero attached hydrogens (tertiary/aromatic N) is 2. The Bertz CT molecular complexity index is 532. The summed E-state index contributed by atoms with van der Waals surface area (Å²) in [6, 6.07) is 8.59. The third-order valence-electron chi connectivity index (χ3n) is 3.75. The van der Waals surface area contributed by atoms with E-state index in [2.05, 4.69) is 60.7 Å². The van der Waals surface area contributed by atoms with E-state index >= 15 is 0 Å². The molecule has 5 heteroatoms. The molecule has 0 saturated carbocycles. The number of hydrogen-bond acceptors (Lipinski definition) is 2. The van der Waals surface area contributed by atoms with Crippen molar-refractivity contribution in [3.8, 4) is 0 Å². The standard InChI is InChI=1S/C18H30N4O/c1-7-19-17(20-12-16(23)22(5)6)21-13-18(3,4)15-10-8-14(2)9-11-15/h8-11H,7,12-13H2,1-6H3,(H2,19,20,21). The molecule has 1 aromatic carbocycles. The fourth-order valence-electron chi connectivity index (χ4n) is 2.04. The van der Waals surface area contributed by atoms with Crippen LogP contribution >= 0.6 is 0 Å². The molecule has 0 aromatic heterocycles. The molecule has 0 spiro atoms. The first kappa shape index (κ1) is 19.0. The molecule has 0 radical (unpaired) electrons. The Kier molecular flexibility index (Phi) is 7.07. The molecule has 2 N–H and O–H groups in total. The number of amides is 1. The van der Waals surface area contributed by atoms with Crippen molar-refractivity contribution >= 4 is 11.9 Å². The average molecular weight is 318 g/mol. The number of rotatable bonds is 6. The first-order chi connectivity index (χ1) is 10.8. The van der Waals surface area contributed by atoms with Crippen molar-refractivity contribution in [2.75, 3.05) is 33.7 Å². The lowest BCUT2D eigenvalue weighted by molar-refractivity contribution is -0.127. The summed E-state index contributed by atoms with van der Waals surface area (Å²) in [5.41, 5.74) is 2.50. The normalized spacial score (nSPS) is 12.0. The third-order valence-corrected chi connectivity index (χ3v) is 3.75. The van der Waals surface area contributed by atoms with Crippen molar-refractivity contribution in [1.82, 2.24) is 15.5 Å². The summed E-state index contributed by atoms with van der Waals surface area (Å²) in [6.45, 7) is 10.1. The molecule has 0 atom stereocenters. The van der Waals surface area contributed by atoms with Gasteiger partial charge in [0, 0.05) is 32.6 Å². The van der Waals surface area contributed by atoms with Crippen LogP contribution in [0, 0.1) is 6.92 Å². The van der Waals surface area contributed by atoms with Gasteiger partial charge >= 0.3 is 0 Å². The topological polar surface area (TPSA) is 56.7 Å². The minimum Gasteiger partial charge on any atom is -0.357 e. The van der Waals surface area contributed by atoms with Gasteiger partial charge in [0.25, 0.3) is 0 Å². The van der Waals surface area contributed by atoms with Crippen LogP contribution in [0.3, 0.4) is 0 Å². The Morgan fingerprint density at radius 2 is 1.78 bits per heavy atom. The lowest BCUT2D eigenvalue weighted by Gasteiger charge is -2.27.